The Bertz CT molecular complexity index is 1060. The molecule has 0 radical (unpaired) electrons. The minimum absolute atomic E-state index is 0.0343. The number of hydrogen-bond acceptors (Lipinski definition) is 5. The van der Waals surface area contributed by atoms with Crippen molar-refractivity contribution in [2.24, 2.45) is 5.92 Å². The molecule has 3 aromatic rings. The first kappa shape index (κ1) is 20.5. The number of amides is 2. The predicted octanol–water partition coefficient (Wildman–Crippen LogP) is 3.70. The van der Waals surface area contributed by atoms with E-state index in [9.17, 15) is 9.59 Å². The Kier molecular flexibility index (Phi) is 6.13. The van der Waals surface area contributed by atoms with Crippen LogP contribution in [0.1, 0.15) is 42.3 Å². The summed E-state index contributed by atoms with van der Waals surface area (Å²) in [5.74, 6) is -0.454. The lowest BCUT2D eigenvalue weighted by atomic mass is 10.1. The quantitative estimate of drug-likeness (QED) is 0.576. The fourth-order valence-corrected chi connectivity index (χ4v) is 4.64. The molecule has 1 aromatic carbocycles. The van der Waals surface area contributed by atoms with Gasteiger partial charge in [0, 0.05) is 43.0 Å². The standard InChI is InChI=1S/C22H27N5O2S/c1-3-4-5-19-25-26-22(30-19)24-21(29)16-11-20(28)27(13-16)9-8-15-12-23-18-7-6-14(2)10-17(15)18/h6-7,10,12,16,23H,3-5,8-9,11,13H2,1-2H3,(H,24,26,29)/t16-/m1/s1. The first-order valence-electron chi connectivity index (χ1n) is 10.5. The van der Waals surface area contributed by atoms with Crippen molar-refractivity contribution in [3.05, 3.63) is 40.5 Å². The number of anilines is 1. The Morgan fingerprint density at radius 3 is 3.03 bits per heavy atom. The van der Waals surface area contributed by atoms with E-state index in [1.165, 1.54) is 27.8 Å². The number of benzene rings is 1. The van der Waals surface area contributed by atoms with Crippen molar-refractivity contribution < 1.29 is 9.59 Å². The number of carbonyl (C=O) groups excluding carboxylic acids is 2. The molecule has 8 heteroatoms. The van der Waals surface area contributed by atoms with Crippen LogP contribution in [0.4, 0.5) is 5.13 Å². The first-order chi connectivity index (χ1) is 14.5. The van der Waals surface area contributed by atoms with Gasteiger partial charge in [-0.15, -0.1) is 10.2 Å². The molecular formula is C22H27N5O2S. The third-order valence-electron chi connectivity index (χ3n) is 5.60. The number of likely N-dealkylation sites (tertiary alicyclic amines) is 1. The van der Waals surface area contributed by atoms with Crippen LogP contribution >= 0.6 is 11.3 Å². The van der Waals surface area contributed by atoms with Gasteiger partial charge in [0.25, 0.3) is 0 Å². The number of H-pyrrole nitrogens is 1. The van der Waals surface area contributed by atoms with E-state index in [-0.39, 0.29) is 24.2 Å². The lowest BCUT2D eigenvalue weighted by Crippen LogP contribution is -2.30. The maximum Gasteiger partial charge on any atom is 0.231 e. The minimum atomic E-state index is -0.342. The molecule has 1 aliphatic rings. The Labute approximate surface area is 179 Å². The Balaban J connectivity index is 1.32. The summed E-state index contributed by atoms with van der Waals surface area (Å²) in [6, 6.07) is 6.33. The molecule has 1 atom stereocenters. The van der Waals surface area contributed by atoms with E-state index >= 15 is 0 Å². The highest BCUT2D eigenvalue weighted by Gasteiger charge is 2.34. The lowest BCUT2D eigenvalue weighted by molar-refractivity contribution is -0.128. The van der Waals surface area contributed by atoms with Crippen LogP contribution in [0.3, 0.4) is 0 Å². The number of nitrogens with one attached hydrogen (secondary N) is 2. The SMILES string of the molecule is CCCCc1nnc(NC(=O)[C@@H]2CC(=O)N(CCc3c[nH]c4ccc(C)cc34)C2)s1. The van der Waals surface area contributed by atoms with Crippen molar-refractivity contribution in [3.8, 4) is 0 Å². The molecule has 2 amide bonds. The second-order valence-electron chi connectivity index (χ2n) is 7.95. The summed E-state index contributed by atoms with van der Waals surface area (Å²) < 4.78 is 0. The smallest absolute Gasteiger partial charge is 0.231 e. The number of fused-ring (bicyclic) bond motifs is 1. The fourth-order valence-electron chi connectivity index (χ4n) is 3.86. The van der Waals surface area contributed by atoms with Crippen LogP contribution in [0.15, 0.2) is 24.4 Å². The summed E-state index contributed by atoms with van der Waals surface area (Å²) in [4.78, 5) is 30.2. The zero-order chi connectivity index (χ0) is 21.1. The highest BCUT2D eigenvalue weighted by Crippen LogP contribution is 2.24. The van der Waals surface area contributed by atoms with Crippen LogP contribution in [0.2, 0.25) is 0 Å². The topological polar surface area (TPSA) is 91.0 Å². The highest BCUT2D eigenvalue weighted by atomic mass is 32.1. The van der Waals surface area contributed by atoms with Crippen molar-refractivity contribution in [2.75, 3.05) is 18.4 Å². The van der Waals surface area contributed by atoms with E-state index in [1.807, 2.05) is 6.20 Å². The molecule has 4 rings (SSSR count). The second-order valence-corrected chi connectivity index (χ2v) is 9.01. The minimum Gasteiger partial charge on any atom is -0.361 e. The average molecular weight is 426 g/mol. The predicted molar refractivity (Wildman–Crippen MR) is 119 cm³/mol. The Morgan fingerprint density at radius 2 is 2.20 bits per heavy atom. The van der Waals surface area contributed by atoms with Gasteiger partial charge < -0.3 is 15.2 Å². The fraction of sp³-hybridized carbons (Fsp3) is 0.455. The zero-order valence-corrected chi connectivity index (χ0v) is 18.2. The molecule has 2 aromatic heterocycles. The summed E-state index contributed by atoms with van der Waals surface area (Å²) >= 11 is 1.42. The van der Waals surface area contributed by atoms with Gasteiger partial charge >= 0.3 is 0 Å². The van der Waals surface area contributed by atoms with Crippen LogP contribution in [0.25, 0.3) is 10.9 Å². The summed E-state index contributed by atoms with van der Waals surface area (Å²) in [5, 5.41) is 13.7. The highest BCUT2D eigenvalue weighted by molar-refractivity contribution is 7.15. The van der Waals surface area contributed by atoms with E-state index in [4.69, 9.17) is 0 Å². The van der Waals surface area contributed by atoms with Crippen molar-refractivity contribution >= 4 is 39.2 Å². The van der Waals surface area contributed by atoms with Crippen LogP contribution in [0, 0.1) is 12.8 Å². The van der Waals surface area contributed by atoms with Gasteiger partial charge in [-0.2, -0.15) is 0 Å². The monoisotopic (exact) mass is 425 g/mol. The molecule has 3 heterocycles. The second kappa shape index (κ2) is 8.95. The third kappa shape index (κ3) is 4.53. The number of aromatic nitrogens is 3. The van der Waals surface area contributed by atoms with Gasteiger partial charge in [0.1, 0.15) is 5.01 Å². The molecule has 158 valence electrons. The van der Waals surface area contributed by atoms with E-state index in [0.29, 0.717) is 18.2 Å². The van der Waals surface area contributed by atoms with Gasteiger partial charge in [-0.1, -0.05) is 36.3 Å². The van der Waals surface area contributed by atoms with Crippen LogP contribution < -0.4 is 5.32 Å². The molecule has 0 spiro atoms. The molecular weight excluding hydrogens is 398 g/mol. The molecule has 1 fully saturated rings. The molecule has 30 heavy (non-hydrogen) atoms. The normalized spacial score (nSPS) is 16.5. The molecule has 1 saturated heterocycles. The van der Waals surface area contributed by atoms with Crippen molar-refractivity contribution in [1.29, 1.82) is 0 Å². The third-order valence-corrected chi connectivity index (χ3v) is 6.50. The number of aromatic amines is 1. The Morgan fingerprint density at radius 1 is 1.33 bits per heavy atom. The largest absolute Gasteiger partial charge is 0.361 e. The Hall–Kier alpha value is -2.74. The van der Waals surface area contributed by atoms with Gasteiger partial charge in [0.2, 0.25) is 16.9 Å². The van der Waals surface area contributed by atoms with Crippen LogP contribution in [-0.2, 0) is 22.4 Å². The summed E-state index contributed by atoms with van der Waals surface area (Å²) in [5.41, 5.74) is 3.52. The van der Waals surface area contributed by atoms with Gasteiger partial charge in [-0.25, -0.2) is 0 Å². The molecule has 0 aliphatic carbocycles. The van der Waals surface area contributed by atoms with Gasteiger partial charge in [0.15, 0.2) is 0 Å². The molecule has 0 saturated carbocycles. The number of aryl methyl sites for hydroxylation is 2. The molecule has 7 nitrogen and oxygen atoms in total. The van der Waals surface area contributed by atoms with E-state index in [2.05, 4.69) is 52.5 Å². The van der Waals surface area contributed by atoms with Crippen molar-refractivity contribution in [2.45, 2.75) is 46.0 Å². The van der Waals surface area contributed by atoms with Crippen LogP contribution in [0.5, 0.6) is 0 Å². The maximum atomic E-state index is 12.6. The number of rotatable bonds is 8. The number of unbranched alkanes of at least 4 members (excludes halogenated alkanes) is 1. The van der Waals surface area contributed by atoms with Gasteiger partial charge in [-0.05, 0) is 37.5 Å². The number of carbonyl (C=O) groups is 2. The van der Waals surface area contributed by atoms with Gasteiger partial charge in [0.05, 0.1) is 5.92 Å². The molecule has 0 bridgehead atoms. The first-order valence-corrected chi connectivity index (χ1v) is 11.3. The number of nitrogens with zero attached hydrogens (tertiary/aromatic N) is 3. The van der Waals surface area contributed by atoms with Crippen LogP contribution in [-0.4, -0.2) is 45.0 Å². The summed E-state index contributed by atoms with van der Waals surface area (Å²) in [7, 11) is 0. The van der Waals surface area contributed by atoms with Crippen molar-refractivity contribution in [1.82, 2.24) is 20.1 Å². The maximum absolute atomic E-state index is 12.6. The van der Waals surface area contributed by atoms with E-state index in [0.717, 1.165) is 36.2 Å². The molecule has 1 aliphatic heterocycles. The summed E-state index contributed by atoms with van der Waals surface area (Å²) in [6.45, 7) is 5.28. The zero-order valence-electron chi connectivity index (χ0n) is 17.4. The average Bonchev–Trinajstić information content (AvgIpc) is 3.43. The van der Waals surface area contributed by atoms with Gasteiger partial charge in [-0.3, -0.25) is 9.59 Å². The molecule has 2 N–H and O–H groups in total. The van der Waals surface area contributed by atoms with E-state index in [1.54, 1.807) is 4.90 Å². The van der Waals surface area contributed by atoms with Crippen molar-refractivity contribution in [3.63, 3.8) is 0 Å². The number of hydrogen-bond donors (Lipinski definition) is 2. The summed E-state index contributed by atoms with van der Waals surface area (Å²) in [6.07, 6.45) is 6.07. The van der Waals surface area contributed by atoms with E-state index < -0.39 is 0 Å². The molecule has 0 unspecified atom stereocenters. The lowest BCUT2D eigenvalue weighted by Gasteiger charge is -2.16.